The largest absolute Gasteiger partial charge is 0.496 e. The second-order valence-electron chi connectivity index (χ2n) is 10.6. The molecule has 2 aromatic carbocycles. The first-order chi connectivity index (χ1) is 21.0. The van der Waals surface area contributed by atoms with E-state index >= 15 is 0 Å². The van der Waals surface area contributed by atoms with Crippen molar-refractivity contribution >= 4 is 23.2 Å². The van der Waals surface area contributed by atoms with Crippen LogP contribution in [0, 0.1) is 5.82 Å². The van der Waals surface area contributed by atoms with Gasteiger partial charge in [-0.3, -0.25) is 4.79 Å². The normalized spacial score (nSPS) is 17.0. The van der Waals surface area contributed by atoms with E-state index < -0.39 is 5.82 Å². The van der Waals surface area contributed by atoms with Gasteiger partial charge in [0.05, 0.1) is 25.9 Å². The zero-order chi connectivity index (χ0) is 29.8. The van der Waals surface area contributed by atoms with Crippen LogP contribution in [0.25, 0.3) is 22.5 Å². The molecule has 0 bridgehead atoms. The van der Waals surface area contributed by atoms with Crippen LogP contribution in [-0.2, 0) is 4.74 Å². The Morgan fingerprint density at radius 1 is 1.07 bits per heavy atom. The molecule has 1 atom stereocenters. The average molecular weight is 584 g/mol. The first-order valence-electron chi connectivity index (χ1n) is 14.4. The Labute approximate surface area is 249 Å². The fourth-order valence-corrected chi connectivity index (χ4v) is 5.54. The second-order valence-corrected chi connectivity index (χ2v) is 10.6. The minimum atomic E-state index is -0.472. The number of hydrogen-bond donors (Lipinski definition) is 2. The summed E-state index contributed by atoms with van der Waals surface area (Å²) < 4.78 is 25.4. The third-order valence-electron chi connectivity index (χ3n) is 7.75. The number of nitrogens with two attached hydrogens (primary N) is 1. The number of amides is 1. The topological polar surface area (TPSA) is 119 Å². The van der Waals surface area contributed by atoms with Gasteiger partial charge >= 0.3 is 0 Å². The quantitative estimate of drug-likeness (QED) is 0.324. The van der Waals surface area contributed by atoms with Gasteiger partial charge in [0.2, 0.25) is 0 Å². The van der Waals surface area contributed by atoms with Crippen molar-refractivity contribution < 1.29 is 18.7 Å². The monoisotopic (exact) mass is 583 g/mol. The number of nitrogens with zero attached hydrogens (tertiary/aromatic N) is 5. The predicted molar refractivity (Wildman–Crippen MR) is 163 cm³/mol. The summed E-state index contributed by atoms with van der Waals surface area (Å²) in [5.74, 6) is 1.11. The maximum absolute atomic E-state index is 14.7. The van der Waals surface area contributed by atoms with Gasteiger partial charge in [-0.15, -0.1) is 0 Å². The molecule has 0 saturated carbocycles. The van der Waals surface area contributed by atoms with Crippen molar-refractivity contribution in [2.45, 2.75) is 18.9 Å². The molecule has 1 amide bonds. The molecule has 6 rings (SSSR count). The summed E-state index contributed by atoms with van der Waals surface area (Å²) in [7, 11) is 1.48. The lowest BCUT2D eigenvalue weighted by Gasteiger charge is -2.34. The van der Waals surface area contributed by atoms with E-state index in [9.17, 15) is 9.18 Å². The summed E-state index contributed by atoms with van der Waals surface area (Å²) in [6, 6.07) is 16.0. The Hall–Kier alpha value is -4.61. The van der Waals surface area contributed by atoms with E-state index in [1.54, 1.807) is 24.4 Å². The summed E-state index contributed by atoms with van der Waals surface area (Å²) >= 11 is 0. The average Bonchev–Trinajstić information content (AvgIpc) is 3.05. The maximum Gasteiger partial charge on any atom is 0.254 e. The van der Waals surface area contributed by atoms with Crippen molar-refractivity contribution in [3.05, 3.63) is 78.4 Å². The lowest BCUT2D eigenvalue weighted by molar-refractivity contribution is 0.0303. The Kier molecular flexibility index (Phi) is 8.43. The number of halogens is 1. The van der Waals surface area contributed by atoms with Crippen molar-refractivity contribution in [3.8, 4) is 28.3 Å². The molecule has 43 heavy (non-hydrogen) atoms. The van der Waals surface area contributed by atoms with Crippen LogP contribution in [0.5, 0.6) is 5.75 Å². The van der Waals surface area contributed by atoms with E-state index in [-0.39, 0.29) is 23.3 Å². The number of piperidine rings is 1. The van der Waals surface area contributed by atoms with E-state index in [4.69, 9.17) is 20.2 Å². The van der Waals surface area contributed by atoms with Crippen LogP contribution in [0.4, 0.5) is 21.7 Å². The molecule has 222 valence electrons. The van der Waals surface area contributed by atoms with Crippen molar-refractivity contribution in [3.63, 3.8) is 0 Å². The number of carbonyl (C=O) groups excluding carboxylic acids is 1. The zero-order valence-electron chi connectivity index (χ0n) is 24.0. The summed E-state index contributed by atoms with van der Waals surface area (Å²) in [4.78, 5) is 30.6. The molecule has 2 aliphatic heterocycles. The van der Waals surface area contributed by atoms with E-state index in [1.165, 1.54) is 13.2 Å². The van der Waals surface area contributed by atoms with E-state index in [0.29, 0.717) is 49.3 Å². The smallest absolute Gasteiger partial charge is 0.254 e. The first kappa shape index (κ1) is 28.5. The summed E-state index contributed by atoms with van der Waals surface area (Å²) in [6.45, 7) is 3.90. The van der Waals surface area contributed by atoms with Crippen LogP contribution in [0.15, 0.2) is 67.0 Å². The number of aromatic nitrogens is 3. The molecule has 2 aliphatic rings. The van der Waals surface area contributed by atoms with Crippen molar-refractivity contribution in [2.24, 2.45) is 5.73 Å². The second kappa shape index (κ2) is 12.7. The SMILES string of the molecule is COc1cccc(F)c1-c1nccc(Nc2cc(N3CCC[C@H](N)C3)c(-c3ccc(C(=O)N4CCOCC4)cc3)cn2)n1. The molecule has 11 heteroatoms. The van der Waals surface area contributed by atoms with Gasteiger partial charge in [-0.2, -0.15) is 0 Å². The highest BCUT2D eigenvalue weighted by molar-refractivity contribution is 5.95. The fraction of sp³-hybridized carbons (Fsp3) is 0.312. The zero-order valence-corrected chi connectivity index (χ0v) is 24.0. The minimum absolute atomic E-state index is 0.00646. The molecule has 0 aliphatic carbocycles. The van der Waals surface area contributed by atoms with Gasteiger partial charge in [0.1, 0.15) is 23.2 Å². The molecule has 0 spiro atoms. The highest BCUT2D eigenvalue weighted by Crippen LogP contribution is 2.35. The van der Waals surface area contributed by atoms with Crippen LogP contribution in [0.2, 0.25) is 0 Å². The summed E-state index contributed by atoms with van der Waals surface area (Å²) in [5, 5.41) is 3.26. The number of anilines is 3. The standard InChI is InChI=1S/C32H34FN7O3/c1-42-27-6-2-5-25(33)30(27)31-35-12-11-28(38-31)37-29-18-26(40-13-3-4-23(34)20-40)24(19-36-29)21-7-9-22(10-8-21)32(41)39-14-16-43-17-15-39/h2,5-12,18-19,23H,3-4,13-17,20,34H2,1H3,(H,35,36,37,38)/t23-/m0/s1. The number of benzene rings is 2. The summed E-state index contributed by atoms with van der Waals surface area (Å²) in [6.07, 6.45) is 5.34. The van der Waals surface area contributed by atoms with E-state index in [2.05, 4.69) is 20.2 Å². The number of morpholine rings is 1. The van der Waals surface area contributed by atoms with Gasteiger partial charge in [0, 0.05) is 67.5 Å². The lowest BCUT2D eigenvalue weighted by Crippen LogP contribution is -2.43. The third kappa shape index (κ3) is 6.27. The molecule has 0 unspecified atom stereocenters. The van der Waals surface area contributed by atoms with Crippen LogP contribution >= 0.6 is 0 Å². The number of pyridine rings is 1. The molecular formula is C32H34FN7O3. The predicted octanol–water partition coefficient (Wildman–Crippen LogP) is 4.50. The highest BCUT2D eigenvalue weighted by Gasteiger charge is 2.23. The molecule has 2 aromatic heterocycles. The van der Waals surface area contributed by atoms with Crippen molar-refractivity contribution in [2.75, 3.05) is 56.7 Å². The lowest BCUT2D eigenvalue weighted by atomic mass is 10.00. The van der Waals surface area contributed by atoms with Gasteiger partial charge in [-0.05, 0) is 48.7 Å². The molecule has 10 nitrogen and oxygen atoms in total. The highest BCUT2D eigenvalue weighted by atomic mass is 19.1. The number of ether oxygens (including phenoxy) is 2. The van der Waals surface area contributed by atoms with Crippen LogP contribution < -0.4 is 20.7 Å². The number of hydrogen-bond acceptors (Lipinski definition) is 9. The van der Waals surface area contributed by atoms with Crippen LogP contribution in [0.3, 0.4) is 0 Å². The van der Waals surface area contributed by atoms with Crippen molar-refractivity contribution in [1.29, 1.82) is 0 Å². The Morgan fingerprint density at radius 2 is 1.88 bits per heavy atom. The molecule has 2 fully saturated rings. The number of methoxy groups -OCH3 is 1. The van der Waals surface area contributed by atoms with Gasteiger partial charge in [0.25, 0.3) is 5.91 Å². The molecule has 4 aromatic rings. The van der Waals surface area contributed by atoms with E-state index in [0.717, 1.165) is 42.7 Å². The Bertz CT molecular complexity index is 1590. The van der Waals surface area contributed by atoms with Gasteiger partial charge in [-0.1, -0.05) is 18.2 Å². The van der Waals surface area contributed by atoms with Gasteiger partial charge < -0.3 is 30.3 Å². The summed E-state index contributed by atoms with van der Waals surface area (Å²) in [5.41, 5.74) is 10.1. The molecule has 4 heterocycles. The Balaban J connectivity index is 1.30. The van der Waals surface area contributed by atoms with E-state index in [1.807, 2.05) is 41.4 Å². The third-order valence-corrected chi connectivity index (χ3v) is 7.75. The van der Waals surface area contributed by atoms with Gasteiger partial charge in [-0.25, -0.2) is 19.3 Å². The molecule has 3 N–H and O–H groups in total. The molecule has 2 saturated heterocycles. The molecular weight excluding hydrogens is 549 g/mol. The fourth-order valence-electron chi connectivity index (χ4n) is 5.54. The number of rotatable bonds is 7. The van der Waals surface area contributed by atoms with Gasteiger partial charge in [0.15, 0.2) is 5.82 Å². The first-order valence-corrected chi connectivity index (χ1v) is 14.4. The Morgan fingerprint density at radius 3 is 2.65 bits per heavy atom. The minimum Gasteiger partial charge on any atom is -0.496 e. The maximum atomic E-state index is 14.7. The molecule has 0 radical (unpaired) electrons. The number of carbonyl (C=O) groups is 1. The van der Waals surface area contributed by atoms with Crippen LogP contribution in [-0.4, -0.2) is 78.3 Å². The van der Waals surface area contributed by atoms with Crippen molar-refractivity contribution in [1.82, 2.24) is 19.9 Å². The van der Waals surface area contributed by atoms with Crippen LogP contribution in [0.1, 0.15) is 23.2 Å². The number of nitrogens with one attached hydrogen (secondary N) is 1.